The average molecular weight is 238 g/mol. The third-order valence-electron chi connectivity index (χ3n) is 2.67. The van der Waals surface area contributed by atoms with Gasteiger partial charge in [0.25, 0.3) is 0 Å². The molecular formula is C12H12ClNO2. The van der Waals surface area contributed by atoms with Crippen LogP contribution in [-0.2, 0) is 9.53 Å². The van der Waals surface area contributed by atoms with Crippen molar-refractivity contribution in [2.45, 2.75) is 13.0 Å². The number of carbonyl (C=O) groups is 1. The highest BCUT2D eigenvalue weighted by Gasteiger charge is 2.17. The molecule has 0 unspecified atom stereocenters. The molecule has 0 fully saturated rings. The van der Waals surface area contributed by atoms with Crippen LogP contribution in [0.5, 0.6) is 0 Å². The zero-order valence-corrected chi connectivity index (χ0v) is 9.86. The number of benzene rings is 1. The van der Waals surface area contributed by atoms with E-state index in [1.807, 2.05) is 35.0 Å². The lowest BCUT2D eigenvalue weighted by atomic mass is 10.2. The van der Waals surface area contributed by atoms with Crippen LogP contribution in [0.4, 0.5) is 0 Å². The van der Waals surface area contributed by atoms with Crippen molar-refractivity contribution >= 4 is 28.5 Å². The van der Waals surface area contributed by atoms with Gasteiger partial charge in [0.1, 0.15) is 6.04 Å². The molecule has 0 bridgehead atoms. The summed E-state index contributed by atoms with van der Waals surface area (Å²) in [6.45, 7) is 1.80. The second-order valence-corrected chi connectivity index (χ2v) is 4.00. The maximum Gasteiger partial charge on any atom is 0.328 e. The highest BCUT2D eigenvalue weighted by Crippen LogP contribution is 2.26. The monoisotopic (exact) mass is 237 g/mol. The van der Waals surface area contributed by atoms with E-state index in [9.17, 15) is 4.79 Å². The van der Waals surface area contributed by atoms with Crippen LogP contribution in [0.25, 0.3) is 10.9 Å². The molecule has 16 heavy (non-hydrogen) atoms. The third kappa shape index (κ3) is 1.67. The predicted molar refractivity (Wildman–Crippen MR) is 63.7 cm³/mol. The maximum atomic E-state index is 11.5. The first kappa shape index (κ1) is 11.0. The first-order valence-corrected chi connectivity index (χ1v) is 5.36. The van der Waals surface area contributed by atoms with E-state index in [-0.39, 0.29) is 12.0 Å². The SMILES string of the molecule is COC(=O)[C@@H](C)n1ccc2c(Cl)cccc21. The Kier molecular flexibility index (Phi) is 2.88. The van der Waals surface area contributed by atoms with Crippen LogP contribution in [0.2, 0.25) is 5.02 Å². The summed E-state index contributed by atoms with van der Waals surface area (Å²) in [5.74, 6) is -0.266. The number of ether oxygens (including phenoxy) is 1. The summed E-state index contributed by atoms with van der Waals surface area (Å²) in [7, 11) is 1.39. The predicted octanol–water partition coefficient (Wildman–Crippen LogP) is 3.03. The lowest BCUT2D eigenvalue weighted by Gasteiger charge is -2.12. The van der Waals surface area contributed by atoms with Gasteiger partial charge in [0.15, 0.2) is 0 Å². The quantitative estimate of drug-likeness (QED) is 0.752. The molecule has 1 aromatic heterocycles. The van der Waals surface area contributed by atoms with Gasteiger partial charge in [-0.1, -0.05) is 17.7 Å². The minimum atomic E-state index is -0.346. The fourth-order valence-electron chi connectivity index (χ4n) is 1.77. The van der Waals surface area contributed by atoms with Crippen LogP contribution >= 0.6 is 11.6 Å². The molecule has 0 saturated heterocycles. The van der Waals surface area contributed by atoms with Crippen molar-refractivity contribution in [3.8, 4) is 0 Å². The molecule has 4 heteroatoms. The fraction of sp³-hybridized carbons (Fsp3) is 0.250. The summed E-state index contributed by atoms with van der Waals surface area (Å²) in [5, 5.41) is 1.63. The molecule has 1 heterocycles. The van der Waals surface area contributed by atoms with Crippen molar-refractivity contribution in [3.63, 3.8) is 0 Å². The number of carbonyl (C=O) groups excluding carboxylic acids is 1. The van der Waals surface area contributed by atoms with Crippen molar-refractivity contribution < 1.29 is 9.53 Å². The number of nitrogens with zero attached hydrogens (tertiary/aromatic N) is 1. The van der Waals surface area contributed by atoms with Gasteiger partial charge in [-0.05, 0) is 25.1 Å². The summed E-state index contributed by atoms with van der Waals surface area (Å²) < 4.78 is 6.58. The lowest BCUT2D eigenvalue weighted by Crippen LogP contribution is -2.16. The Morgan fingerprint density at radius 1 is 1.44 bits per heavy atom. The molecule has 0 aliphatic carbocycles. The molecule has 0 N–H and O–H groups in total. The molecule has 0 radical (unpaired) electrons. The third-order valence-corrected chi connectivity index (χ3v) is 3.00. The van der Waals surface area contributed by atoms with E-state index >= 15 is 0 Å². The number of methoxy groups -OCH3 is 1. The summed E-state index contributed by atoms with van der Waals surface area (Å²) in [6, 6.07) is 7.18. The number of fused-ring (bicyclic) bond motifs is 1. The number of rotatable bonds is 2. The molecule has 0 saturated carbocycles. The molecule has 0 aliphatic rings. The van der Waals surface area contributed by atoms with E-state index in [4.69, 9.17) is 16.3 Å². The summed E-state index contributed by atoms with van der Waals surface area (Å²) >= 11 is 6.06. The van der Waals surface area contributed by atoms with E-state index in [2.05, 4.69) is 0 Å². The Balaban J connectivity index is 2.54. The van der Waals surface area contributed by atoms with Gasteiger partial charge in [-0.2, -0.15) is 0 Å². The maximum absolute atomic E-state index is 11.5. The van der Waals surface area contributed by atoms with Gasteiger partial charge in [-0.15, -0.1) is 0 Å². The van der Waals surface area contributed by atoms with Gasteiger partial charge < -0.3 is 9.30 Å². The number of hydrogen-bond acceptors (Lipinski definition) is 2. The molecule has 1 atom stereocenters. The first-order chi connectivity index (χ1) is 7.65. The van der Waals surface area contributed by atoms with Crippen molar-refractivity contribution in [2.75, 3.05) is 7.11 Å². The van der Waals surface area contributed by atoms with Crippen LogP contribution in [0.15, 0.2) is 30.5 Å². The zero-order chi connectivity index (χ0) is 11.7. The fourth-order valence-corrected chi connectivity index (χ4v) is 2.01. The lowest BCUT2D eigenvalue weighted by molar-refractivity contribution is -0.143. The van der Waals surface area contributed by atoms with Gasteiger partial charge >= 0.3 is 5.97 Å². The first-order valence-electron chi connectivity index (χ1n) is 4.98. The van der Waals surface area contributed by atoms with Crippen LogP contribution in [0.3, 0.4) is 0 Å². The average Bonchev–Trinajstić information content (AvgIpc) is 2.72. The number of hydrogen-bond donors (Lipinski definition) is 0. The van der Waals surface area contributed by atoms with Gasteiger partial charge in [0.05, 0.1) is 12.6 Å². The Bertz CT molecular complexity index is 533. The van der Waals surface area contributed by atoms with Crippen LogP contribution < -0.4 is 0 Å². The Morgan fingerprint density at radius 3 is 2.88 bits per heavy atom. The van der Waals surface area contributed by atoms with Crippen molar-refractivity contribution in [2.24, 2.45) is 0 Å². The number of halogens is 1. The standard InChI is InChI=1S/C12H12ClNO2/c1-8(12(15)16-2)14-7-6-9-10(13)4-3-5-11(9)14/h3-8H,1-2H3/t8-/m1/s1. The highest BCUT2D eigenvalue weighted by atomic mass is 35.5. The minimum absolute atomic E-state index is 0.266. The van der Waals surface area contributed by atoms with Gasteiger partial charge in [-0.3, -0.25) is 0 Å². The molecule has 2 rings (SSSR count). The smallest absolute Gasteiger partial charge is 0.328 e. The van der Waals surface area contributed by atoms with Crippen molar-refractivity contribution in [1.82, 2.24) is 4.57 Å². The van der Waals surface area contributed by atoms with Crippen LogP contribution in [-0.4, -0.2) is 17.6 Å². The topological polar surface area (TPSA) is 31.2 Å². The van der Waals surface area contributed by atoms with E-state index in [0.29, 0.717) is 5.02 Å². The van der Waals surface area contributed by atoms with E-state index in [1.54, 1.807) is 6.92 Å². The van der Waals surface area contributed by atoms with Gasteiger partial charge in [-0.25, -0.2) is 4.79 Å². The van der Waals surface area contributed by atoms with Crippen LogP contribution in [0, 0.1) is 0 Å². The molecule has 0 amide bonds. The zero-order valence-electron chi connectivity index (χ0n) is 9.11. The summed E-state index contributed by atoms with van der Waals surface area (Å²) in [6.07, 6.45) is 1.85. The molecular weight excluding hydrogens is 226 g/mol. The molecule has 84 valence electrons. The second kappa shape index (κ2) is 4.18. The van der Waals surface area contributed by atoms with Gasteiger partial charge in [0, 0.05) is 16.6 Å². The summed E-state index contributed by atoms with van der Waals surface area (Å²) in [5.41, 5.74) is 0.936. The number of aromatic nitrogens is 1. The van der Waals surface area contributed by atoms with Crippen molar-refractivity contribution in [1.29, 1.82) is 0 Å². The van der Waals surface area contributed by atoms with E-state index in [1.165, 1.54) is 7.11 Å². The van der Waals surface area contributed by atoms with E-state index in [0.717, 1.165) is 10.9 Å². The van der Waals surface area contributed by atoms with Crippen LogP contribution in [0.1, 0.15) is 13.0 Å². The van der Waals surface area contributed by atoms with Crippen molar-refractivity contribution in [3.05, 3.63) is 35.5 Å². The highest BCUT2D eigenvalue weighted by molar-refractivity contribution is 6.35. The Labute approximate surface area is 98.6 Å². The molecule has 0 aliphatic heterocycles. The molecule has 3 nitrogen and oxygen atoms in total. The minimum Gasteiger partial charge on any atom is -0.467 e. The Morgan fingerprint density at radius 2 is 2.19 bits per heavy atom. The number of esters is 1. The largest absolute Gasteiger partial charge is 0.467 e. The Hall–Kier alpha value is -1.48. The molecule has 0 spiro atoms. The molecule has 1 aromatic carbocycles. The summed E-state index contributed by atoms with van der Waals surface area (Å²) in [4.78, 5) is 11.5. The normalized spacial score (nSPS) is 12.7. The molecule has 2 aromatic rings. The second-order valence-electron chi connectivity index (χ2n) is 3.59. The van der Waals surface area contributed by atoms with E-state index < -0.39 is 0 Å². The van der Waals surface area contributed by atoms with Gasteiger partial charge in [0.2, 0.25) is 0 Å².